The molecule has 106 valence electrons. The maximum absolute atomic E-state index is 3.60. The molecule has 0 radical (unpaired) electrons. The molecule has 0 amide bonds. The van der Waals surface area contributed by atoms with E-state index in [0.29, 0.717) is 6.04 Å². The molecule has 2 aromatic carbocycles. The van der Waals surface area contributed by atoms with Crippen molar-refractivity contribution in [2.45, 2.75) is 32.4 Å². The first-order valence-electron chi connectivity index (χ1n) is 7.79. The Bertz CT molecular complexity index is 553. The molecule has 2 aromatic rings. The molecule has 0 aliphatic carbocycles. The lowest BCUT2D eigenvalue weighted by Crippen LogP contribution is -2.37. The Morgan fingerprint density at radius 2 is 2.00 bits per heavy atom. The number of fused-ring (bicyclic) bond motifs is 1. The largest absolute Gasteiger partial charge is 0.313 e. The molecule has 1 unspecified atom stereocenters. The minimum atomic E-state index is 0.685. The summed E-state index contributed by atoms with van der Waals surface area (Å²) in [6.07, 6.45) is 2.66. The highest BCUT2D eigenvalue weighted by atomic mass is 15.1. The van der Waals surface area contributed by atoms with E-state index in [1.165, 1.54) is 42.3 Å². The first-order valence-corrected chi connectivity index (χ1v) is 7.79. The quantitative estimate of drug-likeness (QED) is 0.894. The van der Waals surface area contributed by atoms with Gasteiger partial charge >= 0.3 is 0 Å². The maximum Gasteiger partial charge on any atom is 0.0240 e. The fourth-order valence-corrected chi connectivity index (χ4v) is 3.20. The molecule has 1 atom stereocenters. The van der Waals surface area contributed by atoms with Crippen LogP contribution in [0.4, 0.5) is 0 Å². The summed E-state index contributed by atoms with van der Waals surface area (Å²) >= 11 is 0. The molecule has 1 N–H and O–H groups in total. The van der Waals surface area contributed by atoms with Gasteiger partial charge in [0.05, 0.1) is 0 Å². The number of likely N-dealkylation sites (N-methyl/N-ethyl adjacent to an activating group) is 1. The van der Waals surface area contributed by atoms with Crippen molar-refractivity contribution in [3.05, 3.63) is 48.0 Å². The van der Waals surface area contributed by atoms with Gasteiger partial charge in [0.2, 0.25) is 0 Å². The Balaban J connectivity index is 1.76. The third-order valence-corrected chi connectivity index (χ3v) is 4.36. The van der Waals surface area contributed by atoms with Crippen LogP contribution in [0.1, 0.15) is 25.3 Å². The summed E-state index contributed by atoms with van der Waals surface area (Å²) in [6.45, 7) is 6.79. The zero-order valence-electron chi connectivity index (χ0n) is 12.3. The van der Waals surface area contributed by atoms with Crippen LogP contribution in [0.15, 0.2) is 42.5 Å². The normalized spacial score (nSPS) is 19.0. The zero-order chi connectivity index (χ0) is 13.8. The van der Waals surface area contributed by atoms with E-state index in [9.17, 15) is 0 Å². The highest BCUT2D eigenvalue weighted by Crippen LogP contribution is 2.20. The van der Waals surface area contributed by atoms with Crippen LogP contribution in [0.25, 0.3) is 10.8 Å². The standard InChI is InChI=1S/C18H24N2/c1-2-20(14-17-10-6-12-19-17)13-16-9-5-8-15-7-3-4-11-18(15)16/h3-5,7-9,11,17,19H,2,6,10,12-14H2,1H3. The van der Waals surface area contributed by atoms with Gasteiger partial charge in [-0.3, -0.25) is 4.90 Å². The highest BCUT2D eigenvalue weighted by molar-refractivity contribution is 5.85. The van der Waals surface area contributed by atoms with Crippen molar-refractivity contribution in [2.75, 3.05) is 19.6 Å². The van der Waals surface area contributed by atoms with E-state index in [1.54, 1.807) is 0 Å². The first-order chi connectivity index (χ1) is 9.86. The molecule has 1 aliphatic rings. The second-order valence-corrected chi connectivity index (χ2v) is 5.76. The van der Waals surface area contributed by atoms with Crippen molar-refractivity contribution >= 4 is 10.8 Å². The zero-order valence-corrected chi connectivity index (χ0v) is 12.3. The van der Waals surface area contributed by atoms with Crippen LogP contribution in [0, 0.1) is 0 Å². The molecule has 2 heteroatoms. The molecule has 0 aromatic heterocycles. The number of benzene rings is 2. The Morgan fingerprint density at radius 1 is 1.15 bits per heavy atom. The predicted octanol–water partition coefficient (Wildman–Crippen LogP) is 3.41. The van der Waals surface area contributed by atoms with Gasteiger partial charge in [-0.25, -0.2) is 0 Å². The average molecular weight is 268 g/mol. The lowest BCUT2D eigenvalue weighted by Gasteiger charge is -2.24. The second kappa shape index (κ2) is 6.38. The molecular formula is C18H24N2. The van der Waals surface area contributed by atoms with E-state index in [-0.39, 0.29) is 0 Å². The van der Waals surface area contributed by atoms with Gasteiger partial charge in [0, 0.05) is 19.1 Å². The summed E-state index contributed by atoms with van der Waals surface area (Å²) in [5, 5.41) is 6.35. The average Bonchev–Trinajstić information content (AvgIpc) is 3.00. The predicted molar refractivity (Wildman–Crippen MR) is 85.9 cm³/mol. The maximum atomic E-state index is 3.60. The monoisotopic (exact) mass is 268 g/mol. The van der Waals surface area contributed by atoms with Gasteiger partial charge in [-0.1, -0.05) is 49.4 Å². The van der Waals surface area contributed by atoms with Crippen LogP contribution in [0.5, 0.6) is 0 Å². The van der Waals surface area contributed by atoms with Gasteiger partial charge in [-0.15, -0.1) is 0 Å². The van der Waals surface area contributed by atoms with E-state index in [0.717, 1.165) is 13.1 Å². The molecule has 0 spiro atoms. The van der Waals surface area contributed by atoms with Gasteiger partial charge in [-0.2, -0.15) is 0 Å². The van der Waals surface area contributed by atoms with Crippen molar-refractivity contribution in [2.24, 2.45) is 0 Å². The molecular weight excluding hydrogens is 244 g/mol. The molecule has 1 aliphatic heterocycles. The van der Waals surface area contributed by atoms with E-state index in [2.05, 4.69) is 59.6 Å². The third-order valence-electron chi connectivity index (χ3n) is 4.36. The van der Waals surface area contributed by atoms with Crippen LogP contribution < -0.4 is 5.32 Å². The lowest BCUT2D eigenvalue weighted by atomic mass is 10.0. The van der Waals surface area contributed by atoms with Crippen molar-refractivity contribution < 1.29 is 0 Å². The number of nitrogens with zero attached hydrogens (tertiary/aromatic N) is 1. The lowest BCUT2D eigenvalue weighted by molar-refractivity contribution is 0.254. The van der Waals surface area contributed by atoms with Crippen molar-refractivity contribution in [1.82, 2.24) is 10.2 Å². The van der Waals surface area contributed by atoms with Gasteiger partial charge in [0.15, 0.2) is 0 Å². The molecule has 3 rings (SSSR count). The number of hydrogen-bond donors (Lipinski definition) is 1. The van der Waals surface area contributed by atoms with Crippen LogP contribution in [0.2, 0.25) is 0 Å². The van der Waals surface area contributed by atoms with Crippen LogP contribution in [-0.2, 0) is 6.54 Å². The molecule has 1 saturated heterocycles. The summed E-state index contributed by atoms with van der Waals surface area (Å²) < 4.78 is 0. The summed E-state index contributed by atoms with van der Waals surface area (Å²) in [6, 6.07) is 16.0. The molecule has 2 nitrogen and oxygen atoms in total. The minimum absolute atomic E-state index is 0.685. The summed E-state index contributed by atoms with van der Waals surface area (Å²) in [5.74, 6) is 0. The van der Waals surface area contributed by atoms with E-state index in [1.807, 2.05) is 0 Å². The Kier molecular flexibility index (Phi) is 4.34. The van der Waals surface area contributed by atoms with E-state index < -0.39 is 0 Å². The van der Waals surface area contributed by atoms with Crippen LogP contribution >= 0.6 is 0 Å². The molecule has 0 saturated carbocycles. The van der Waals surface area contributed by atoms with Gasteiger partial charge < -0.3 is 5.32 Å². The van der Waals surface area contributed by atoms with Crippen molar-refractivity contribution in [3.8, 4) is 0 Å². The highest BCUT2D eigenvalue weighted by Gasteiger charge is 2.17. The fraction of sp³-hybridized carbons (Fsp3) is 0.444. The minimum Gasteiger partial charge on any atom is -0.313 e. The molecule has 1 heterocycles. The topological polar surface area (TPSA) is 15.3 Å². The Hall–Kier alpha value is -1.38. The summed E-state index contributed by atoms with van der Waals surface area (Å²) in [4.78, 5) is 2.56. The van der Waals surface area contributed by atoms with Gasteiger partial charge in [0.25, 0.3) is 0 Å². The summed E-state index contributed by atoms with van der Waals surface area (Å²) in [7, 11) is 0. The number of nitrogens with one attached hydrogen (secondary N) is 1. The van der Waals surface area contributed by atoms with E-state index >= 15 is 0 Å². The smallest absolute Gasteiger partial charge is 0.0240 e. The third kappa shape index (κ3) is 3.02. The number of rotatable bonds is 5. The number of hydrogen-bond acceptors (Lipinski definition) is 2. The van der Waals surface area contributed by atoms with Crippen LogP contribution in [-0.4, -0.2) is 30.6 Å². The van der Waals surface area contributed by atoms with Crippen LogP contribution in [0.3, 0.4) is 0 Å². The Morgan fingerprint density at radius 3 is 2.80 bits per heavy atom. The second-order valence-electron chi connectivity index (χ2n) is 5.76. The molecule has 0 bridgehead atoms. The first kappa shape index (κ1) is 13.6. The van der Waals surface area contributed by atoms with Gasteiger partial charge in [-0.05, 0) is 42.3 Å². The fourth-order valence-electron chi connectivity index (χ4n) is 3.20. The van der Waals surface area contributed by atoms with E-state index in [4.69, 9.17) is 0 Å². The molecule has 20 heavy (non-hydrogen) atoms. The Labute approximate surface area is 121 Å². The van der Waals surface area contributed by atoms with Gasteiger partial charge in [0.1, 0.15) is 0 Å². The SMILES string of the molecule is CCN(Cc1cccc2ccccc12)CC1CCCN1. The summed E-state index contributed by atoms with van der Waals surface area (Å²) in [5.41, 5.74) is 1.45. The molecule has 1 fully saturated rings. The van der Waals surface area contributed by atoms with Crippen molar-refractivity contribution in [1.29, 1.82) is 0 Å². The van der Waals surface area contributed by atoms with Crippen molar-refractivity contribution in [3.63, 3.8) is 0 Å².